The molecule has 0 aliphatic carbocycles. The fraction of sp³-hybridized carbons (Fsp3) is 0. The number of anilines is 1. The van der Waals surface area contributed by atoms with Gasteiger partial charge in [0.1, 0.15) is 0 Å². The largest absolute Gasteiger partial charge is 0.352 e. The number of rotatable bonds is 0. The first-order chi connectivity index (χ1) is 9.25. The molecule has 90 valence electrons. The third-order valence-electron chi connectivity index (χ3n) is 3.72. The topological polar surface area (TPSA) is 29.1 Å². The van der Waals surface area contributed by atoms with Crippen LogP contribution in [0.25, 0.3) is 21.5 Å². The summed E-state index contributed by atoms with van der Waals surface area (Å²) in [5.41, 5.74) is 2.06. The molecule has 19 heavy (non-hydrogen) atoms. The summed E-state index contributed by atoms with van der Waals surface area (Å²) >= 11 is 0. The van der Waals surface area contributed by atoms with E-state index in [1.165, 1.54) is 10.8 Å². The van der Waals surface area contributed by atoms with Crippen molar-refractivity contribution >= 4 is 33.0 Å². The second-order valence-electron chi connectivity index (χ2n) is 4.80. The number of Topliss-reactive ketones (excluding diaryl/α,β-unsaturated/α-hetero) is 1. The average molecular weight is 245 g/mol. The molecule has 1 aliphatic rings. The van der Waals surface area contributed by atoms with Crippen molar-refractivity contribution in [3.8, 4) is 0 Å². The molecule has 0 bridgehead atoms. The number of hydrogen-bond acceptors (Lipinski definition) is 2. The molecule has 0 atom stereocenters. The predicted octanol–water partition coefficient (Wildman–Crippen LogP) is 4.11. The number of benzene rings is 3. The Morgan fingerprint density at radius 1 is 0.842 bits per heavy atom. The first kappa shape index (κ1) is 10.3. The highest BCUT2D eigenvalue weighted by Gasteiger charge is 2.24. The molecule has 0 spiro atoms. The first-order valence-electron chi connectivity index (χ1n) is 6.21. The summed E-state index contributed by atoms with van der Waals surface area (Å²) in [5.74, 6) is -0.00920. The zero-order chi connectivity index (χ0) is 13.0. The lowest BCUT2D eigenvalue weighted by Gasteiger charge is -2.07. The molecule has 0 amide bonds. The summed E-state index contributed by atoms with van der Waals surface area (Å²) in [6, 6.07) is 16.3. The number of ketones is 1. The summed E-state index contributed by atoms with van der Waals surface area (Å²) in [6.07, 6.45) is 0. The molecule has 0 unspecified atom stereocenters. The Balaban J connectivity index is 2.18. The van der Waals surface area contributed by atoms with Crippen molar-refractivity contribution in [3.05, 3.63) is 66.4 Å². The normalized spacial score (nSPS) is 13.9. The van der Waals surface area contributed by atoms with Gasteiger partial charge in [0.15, 0.2) is 0 Å². The third-order valence-corrected chi connectivity index (χ3v) is 3.72. The molecule has 3 aromatic rings. The Bertz CT molecular complexity index is 877. The van der Waals surface area contributed by atoms with Gasteiger partial charge in [0.2, 0.25) is 5.78 Å². The minimum atomic E-state index is -0.00920. The van der Waals surface area contributed by atoms with Crippen molar-refractivity contribution in [1.29, 1.82) is 0 Å². The number of carbonyl (C=O) groups excluding carboxylic acids is 1. The van der Waals surface area contributed by atoms with Crippen molar-refractivity contribution in [3.63, 3.8) is 0 Å². The maximum absolute atomic E-state index is 11.9. The molecule has 1 N–H and O–H groups in total. The van der Waals surface area contributed by atoms with E-state index < -0.39 is 0 Å². The zero-order valence-corrected chi connectivity index (χ0v) is 10.2. The molecule has 1 aliphatic heterocycles. The SMILES string of the molecule is C=C1Nc2c(ccc3c2ccc2ccccc23)C1=O. The van der Waals surface area contributed by atoms with Crippen LogP contribution in [0.5, 0.6) is 0 Å². The second-order valence-corrected chi connectivity index (χ2v) is 4.80. The fourth-order valence-electron chi connectivity index (χ4n) is 2.78. The first-order valence-corrected chi connectivity index (χ1v) is 6.21. The van der Waals surface area contributed by atoms with Gasteiger partial charge in [-0.25, -0.2) is 0 Å². The van der Waals surface area contributed by atoms with Crippen LogP contribution < -0.4 is 5.32 Å². The minimum absolute atomic E-state index is 0.00920. The Morgan fingerprint density at radius 3 is 2.53 bits per heavy atom. The Morgan fingerprint density at radius 2 is 1.63 bits per heavy atom. The van der Waals surface area contributed by atoms with E-state index in [0.29, 0.717) is 11.3 Å². The standard InChI is InChI=1S/C17H11NO/c1-10-17(19)15-9-8-13-12-5-3-2-4-11(12)6-7-14(13)16(15)18-10/h2-9,18H,1H2. The summed E-state index contributed by atoms with van der Waals surface area (Å²) in [5, 5.41) is 7.75. The van der Waals surface area contributed by atoms with E-state index in [2.05, 4.69) is 36.2 Å². The van der Waals surface area contributed by atoms with Crippen LogP contribution in [0.4, 0.5) is 5.69 Å². The molecule has 2 nitrogen and oxygen atoms in total. The van der Waals surface area contributed by atoms with Crippen molar-refractivity contribution in [2.45, 2.75) is 0 Å². The van der Waals surface area contributed by atoms with E-state index in [4.69, 9.17) is 0 Å². The van der Waals surface area contributed by atoms with Crippen molar-refractivity contribution in [2.24, 2.45) is 0 Å². The molecule has 1 heterocycles. The highest BCUT2D eigenvalue weighted by Crippen LogP contribution is 2.37. The second kappa shape index (κ2) is 3.45. The van der Waals surface area contributed by atoms with Crippen molar-refractivity contribution in [1.82, 2.24) is 0 Å². The van der Waals surface area contributed by atoms with Gasteiger partial charge in [-0.2, -0.15) is 0 Å². The molecule has 2 heteroatoms. The molecule has 0 saturated heterocycles. The molecule has 4 rings (SSSR count). The van der Waals surface area contributed by atoms with Gasteiger partial charge in [-0.15, -0.1) is 0 Å². The minimum Gasteiger partial charge on any atom is -0.352 e. The predicted molar refractivity (Wildman–Crippen MR) is 78.5 cm³/mol. The molecule has 0 radical (unpaired) electrons. The lowest BCUT2D eigenvalue weighted by molar-refractivity contribution is 0.104. The smallest absolute Gasteiger partial charge is 0.210 e. The van der Waals surface area contributed by atoms with Crippen molar-refractivity contribution in [2.75, 3.05) is 5.32 Å². The lowest BCUT2D eigenvalue weighted by atomic mass is 9.98. The van der Waals surface area contributed by atoms with Gasteiger partial charge >= 0.3 is 0 Å². The van der Waals surface area contributed by atoms with Crippen LogP contribution in [0.2, 0.25) is 0 Å². The maximum atomic E-state index is 11.9. The molecule has 0 saturated carbocycles. The maximum Gasteiger partial charge on any atom is 0.210 e. The van der Waals surface area contributed by atoms with Crippen LogP contribution in [0.3, 0.4) is 0 Å². The van der Waals surface area contributed by atoms with Gasteiger partial charge in [-0.05, 0) is 22.2 Å². The van der Waals surface area contributed by atoms with Crippen LogP contribution >= 0.6 is 0 Å². The molecular weight excluding hydrogens is 234 g/mol. The highest BCUT2D eigenvalue weighted by molar-refractivity contribution is 6.24. The Labute approximate surface area is 110 Å². The molecule has 0 fully saturated rings. The van der Waals surface area contributed by atoms with Crippen LogP contribution in [-0.2, 0) is 0 Å². The van der Waals surface area contributed by atoms with E-state index in [1.807, 2.05) is 24.3 Å². The van der Waals surface area contributed by atoms with E-state index in [1.54, 1.807) is 0 Å². The van der Waals surface area contributed by atoms with Gasteiger partial charge in [0.05, 0.1) is 11.4 Å². The van der Waals surface area contributed by atoms with E-state index in [9.17, 15) is 4.79 Å². The molecule has 3 aromatic carbocycles. The fourth-order valence-corrected chi connectivity index (χ4v) is 2.78. The van der Waals surface area contributed by atoms with E-state index >= 15 is 0 Å². The average Bonchev–Trinajstić information content (AvgIpc) is 2.74. The number of nitrogens with one attached hydrogen (secondary N) is 1. The summed E-state index contributed by atoms with van der Waals surface area (Å²) in [7, 11) is 0. The number of carbonyl (C=O) groups is 1. The summed E-state index contributed by atoms with van der Waals surface area (Å²) < 4.78 is 0. The van der Waals surface area contributed by atoms with Crippen LogP contribution in [-0.4, -0.2) is 5.78 Å². The zero-order valence-electron chi connectivity index (χ0n) is 10.2. The lowest BCUT2D eigenvalue weighted by Crippen LogP contribution is -1.96. The Hall–Kier alpha value is -2.61. The monoisotopic (exact) mass is 245 g/mol. The van der Waals surface area contributed by atoms with E-state index in [0.717, 1.165) is 16.5 Å². The van der Waals surface area contributed by atoms with Crippen LogP contribution in [0.1, 0.15) is 10.4 Å². The number of fused-ring (bicyclic) bond motifs is 5. The number of hydrogen-bond donors (Lipinski definition) is 1. The van der Waals surface area contributed by atoms with Gasteiger partial charge < -0.3 is 5.32 Å². The molecular formula is C17H11NO. The van der Waals surface area contributed by atoms with Gasteiger partial charge in [-0.1, -0.05) is 49.0 Å². The van der Waals surface area contributed by atoms with E-state index in [-0.39, 0.29) is 5.78 Å². The summed E-state index contributed by atoms with van der Waals surface area (Å²) in [4.78, 5) is 11.9. The summed E-state index contributed by atoms with van der Waals surface area (Å²) in [6.45, 7) is 3.76. The van der Waals surface area contributed by atoms with Crippen molar-refractivity contribution < 1.29 is 4.79 Å². The Kier molecular flexibility index (Phi) is 1.88. The van der Waals surface area contributed by atoms with Gasteiger partial charge in [0.25, 0.3) is 0 Å². The number of allylic oxidation sites excluding steroid dienone is 1. The van der Waals surface area contributed by atoms with Crippen LogP contribution in [0, 0.1) is 0 Å². The van der Waals surface area contributed by atoms with Gasteiger partial charge in [-0.3, -0.25) is 4.79 Å². The third kappa shape index (κ3) is 1.28. The van der Waals surface area contributed by atoms with Gasteiger partial charge in [0, 0.05) is 10.9 Å². The molecule has 0 aromatic heterocycles. The quantitative estimate of drug-likeness (QED) is 0.477. The highest BCUT2D eigenvalue weighted by atomic mass is 16.1. The van der Waals surface area contributed by atoms with Crippen LogP contribution in [0.15, 0.2) is 60.8 Å².